The van der Waals surface area contributed by atoms with E-state index < -0.39 is 21.7 Å². The summed E-state index contributed by atoms with van der Waals surface area (Å²) in [6.45, 7) is -0.194. The third-order valence-electron chi connectivity index (χ3n) is 3.29. The largest absolute Gasteiger partial charge is 0.276 e. The summed E-state index contributed by atoms with van der Waals surface area (Å²) in [7, 11) is -3.84. The second kappa shape index (κ2) is 4.97. The summed E-state index contributed by atoms with van der Waals surface area (Å²) >= 11 is 5.84. The molecular weight excluding hydrogens is 298 g/mol. The monoisotopic (exact) mass is 310 g/mol. The van der Waals surface area contributed by atoms with Gasteiger partial charge in [-0.25, -0.2) is 13.9 Å². The van der Waals surface area contributed by atoms with Gasteiger partial charge in [-0.05, 0) is 25.0 Å². The van der Waals surface area contributed by atoms with Crippen molar-refractivity contribution in [2.24, 2.45) is 5.14 Å². The summed E-state index contributed by atoms with van der Waals surface area (Å²) in [5.74, 6) is -0.723. The van der Waals surface area contributed by atoms with Crippen LogP contribution in [0.2, 0.25) is 5.02 Å². The van der Waals surface area contributed by atoms with Crippen molar-refractivity contribution in [2.75, 3.05) is 13.1 Å². The van der Waals surface area contributed by atoms with Gasteiger partial charge in [-0.1, -0.05) is 17.7 Å². The lowest BCUT2D eigenvalue weighted by Gasteiger charge is -2.35. The molecule has 0 aliphatic carbocycles. The molecular formula is C11H13ClF2N2O2S. The molecule has 1 fully saturated rings. The number of rotatable bonds is 2. The smallest absolute Gasteiger partial charge is 0.238 e. The Labute approximate surface area is 115 Å². The van der Waals surface area contributed by atoms with E-state index >= 15 is 0 Å². The fourth-order valence-electron chi connectivity index (χ4n) is 2.27. The highest BCUT2D eigenvalue weighted by molar-refractivity contribution is 7.86. The number of hydrogen-bond donors (Lipinski definition) is 1. The number of halogens is 3. The first-order chi connectivity index (χ1) is 8.74. The van der Waals surface area contributed by atoms with Crippen molar-refractivity contribution in [1.29, 1.82) is 0 Å². The second-order valence-corrected chi connectivity index (χ2v) is 6.46. The van der Waals surface area contributed by atoms with Crippen LogP contribution in [0.1, 0.15) is 18.4 Å². The summed E-state index contributed by atoms with van der Waals surface area (Å²) in [5.41, 5.74) is -2.17. The van der Waals surface area contributed by atoms with E-state index in [-0.39, 0.29) is 36.5 Å². The highest BCUT2D eigenvalue weighted by Gasteiger charge is 2.41. The number of hydrogen-bond acceptors (Lipinski definition) is 2. The lowest BCUT2D eigenvalue weighted by Crippen LogP contribution is -2.46. The summed E-state index contributed by atoms with van der Waals surface area (Å²) in [4.78, 5) is 0. The minimum absolute atomic E-state index is 0.00607. The number of piperidine rings is 1. The molecule has 1 heterocycles. The molecule has 2 N–H and O–H groups in total. The van der Waals surface area contributed by atoms with E-state index in [0.29, 0.717) is 0 Å². The van der Waals surface area contributed by atoms with Gasteiger partial charge in [-0.2, -0.15) is 12.7 Å². The predicted molar refractivity (Wildman–Crippen MR) is 68.1 cm³/mol. The average molecular weight is 311 g/mol. The molecule has 106 valence electrons. The van der Waals surface area contributed by atoms with Crippen molar-refractivity contribution >= 4 is 21.8 Å². The van der Waals surface area contributed by atoms with Gasteiger partial charge in [-0.3, -0.25) is 0 Å². The van der Waals surface area contributed by atoms with Crippen LogP contribution in [-0.2, 0) is 15.9 Å². The van der Waals surface area contributed by atoms with E-state index in [1.54, 1.807) is 0 Å². The molecule has 0 bridgehead atoms. The van der Waals surface area contributed by atoms with Crippen molar-refractivity contribution < 1.29 is 17.2 Å². The Hall–Kier alpha value is -0.760. The molecule has 0 radical (unpaired) electrons. The molecule has 1 aromatic rings. The summed E-state index contributed by atoms with van der Waals surface area (Å²) in [6, 6.07) is 3.94. The van der Waals surface area contributed by atoms with Crippen LogP contribution in [0.25, 0.3) is 0 Å². The SMILES string of the molecule is NS(=O)(=O)N1CCC(F)(c2c(F)cccc2Cl)CC1. The van der Waals surface area contributed by atoms with Gasteiger partial charge in [0.05, 0.1) is 0 Å². The second-order valence-electron chi connectivity index (χ2n) is 4.51. The molecule has 19 heavy (non-hydrogen) atoms. The van der Waals surface area contributed by atoms with Crippen molar-refractivity contribution in [3.05, 3.63) is 34.6 Å². The van der Waals surface area contributed by atoms with Crippen LogP contribution < -0.4 is 5.14 Å². The fraction of sp³-hybridized carbons (Fsp3) is 0.455. The minimum atomic E-state index is -3.84. The molecule has 0 amide bonds. The van der Waals surface area contributed by atoms with Crippen molar-refractivity contribution in [2.45, 2.75) is 18.5 Å². The first-order valence-corrected chi connectivity index (χ1v) is 7.53. The first kappa shape index (κ1) is 14.6. The Morgan fingerprint density at radius 3 is 2.37 bits per heavy atom. The van der Waals surface area contributed by atoms with E-state index in [1.165, 1.54) is 12.1 Å². The fourth-order valence-corrected chi connectivity index (χ4v) is 3.29. The summed E-state index contributed by atoms with van der Waals surface area (Å²) < 4.78 is 51.8. The highest BCUT2D eigenvalue weighted by Crippen LogP contribution is 2.41. The van der Waals surface area contributed by atoms with Gasteiger partial charge in [0.2, 0.25) is 0 Å². The Morgan fingerprint density at radius 2 is 1.89 bits per heavy atom. The molecule has 0 saturated carbocycles. The zero-order chi connectivity index (χ0) is 14.3. The number of nitrogens with zero attached hydrogens (tertiary/aromatic N) is 1. The third-order valence-corrected chi connectivity index (χ3v) is 4.69. The van der Waals surface area contributed by atoms with Gasteiger partial charge >= 0.3 is 0 Å². The van der Waals surface area contributed by atoms with E-state index in [2.05, 4.69) is 0 Å². The van der Waals surface area contributed by atoms with Crippen LogP contribution in [0.4, 0.5) is 8.78 Å². The molecule has 0 atom stereocenters. The van der Waals surface area contributed by atoms with E-state index in [9.17, 15) is 17.2 Å². The first-order valence-electron chi connectivity index (χ1n) is 5.65. The van der Waals surface area contributed by atoms with Gasteiger partial charge in [0.15, 0.2) is 0 Å². The van der Waals surface area contributed by atoms with Crippen molar-refractivity contribution in [3.8, 4) is 0 Å². The van der Waals surface area contributed by atoms with E-state index in [0.717, 1.165) is 10.4 Å². The molecule has 4 nitrogen and oxygen atoms in total. The Morgan fingerprint density at radius 1 is 1.32 bits per heavy atom. The molecule has 1 aliphatic rings. The normalized spacial score (nSPS) is 20.4. The van der Waals surface area contributed by atoms with Gasteiger partial charge in [-0.15, -0.1) is 0 Å². The maximum absolute atomic E-state index is 14.8. The van der Waals surface area contributed by atoms with Crippen LogP contribution in [-0.4, -0.2) is 25.8 Å². The van der Waals surface area contributed by atoms with Gasteiger partial charge in [0.25, 0.3) is 10.2 Å². The maximum atomic E-state index is 14.8. The number of benzene rings is 1. The van der Waals surface area contributed by atoms with Gasteiger partial charge in [0.1, 0.15) is 11.5 Å². The summed E-state index contributed by atoms with van der Waals surface area (Å²) in [5, 5.41) is 4.98. The zero-order valence-electron chi connectivity index (χ0n) is 9.94. The van der Waals surface area contributed by atoms with E-state index in [1.807, 2.05) is 0 Å². The molecule has 0 unspecified atom stereocenters. The average Bonchev–Trinajstić information content (AvgIpc) is 2.27. The van der Waals surface area contributed by atoms with Crippen LogP contribution in [0.15, 0.2) is 18.2 Å². The predicted octanol–water partition coefficient (Wildman–Crippen LogP) is 1.94. The Kier molecular flexibility index (Phi) is 3.83. The number of alkyl halides is 1. The van der Waals surface area contributed by atoms with Crippen LogP contribution in [0, 0.1) is 5.82 Å². The maximum Gasteiger partial charge on any atom is 0.276 e. The van der Waals surface area contributed by atoms with E-state index in [4.69, 9.17) is 16.7 Å². The quantitative estimate of drug-likeness (QED) is 0.907. The minimum Gasteiger partial charge on any atom is -0.238 e. The van der Waals surface area contributed by atoms with Gasteiger partial charge in [0, 0.05) is 23.7 Å². The molecule has 1 aromatic carbocycles. The van der Waals surface area contributed by atoms with Crippen LogP contribution in [0.5, 0.6) is 0 Å². The molecule has 1 saturated heterocycles. The lowest BCUT2D eigenvalue weighted by atomic mass is 9.86. The number of nitrogens with two attached hydrogens (primary N) is 1. The van der Waals surface area contributed by atoms with Gasteiger partial charge < -0.3 is 0 Å². The third kappa shape index (κ3) is 2.89. The Bertz CT molecular complexity index is 566. The zero-order valence-corrected chi connectivity index (χ0v) is 11.5. The molecule has 8 heteroatoms. The van der Waals surface area contributed by atoms with Crippen LogP contribution in [0.3, 0.4) is 0 Å². The standard InChI is InChI=1S/C11H13ClF2N2O2S/c12-8-2-1-3-9(13)10(8)11(14)4-6-16(7-5-11)19(15,17)18/h1-3H,4-7H2,(H2,15,17,18). The van der Waals surface area contributed by atoms with Crippen LogP contribution >= 0.6 is 11.6 Å². The molecule has 1 aliphatic heterocycles. The summed E-state index contributed by atoms with van der Waals surface area (Å²) in [6.07, 6.45) is -0.353. The molecule has 2 rings (SSSR count). The highest BCUT2D eigenvalue weighted by atomic mass is 35.5. The molecule has 0 spiro atoms. The topological polar surface area (TPSA) is 63.4 Å². The van der Waals surface area contributed by atoms with Crippen molar-refractivity contribution in [1.82, 2.24) is 4.31 Å². The lowest BCUT2D eigenvalue weighted by molar-refractivity contribution is 0.0832. The van der Waals surface area contributed by atoms with Crippen molar-refractivity contribution in [3.63, 3.8) is 0 Å². The Balaban J connectivity index is 2.28. The molecule has 0 aromatic heterocycles.